The van der Waals surface area contributed by atoms with Gasteiger partial charge >= 0.3 is 0 Å². The molecule has 2 aromatic rings. The van der Waals surface area contributed by atoms with E-state index in [0.717, 1.165) is 49.2 Å². The van der Waals surface area contributed by atoms with Gasteiger partial charge in [0.1, 0.15) is 0 Å². The molecule has 0 aliphatic carbocycles. The number of likely N-dealkylation sites (tertiary alicyclic amines) is 1. The highest BCUT2D eigenvalue weighted by molar-refractivity contribution is 6.01. The monoisotopic (exact) mass is 336 g/mol. The van der Waals surface area contributed by atoms with E-state index < -0.39 is 0 Å². The van der Waals surface area contributed by atoms with Gasteiger partial charge in [0, 0.05) is 31.2 Å². The van der Waals surface area contributed by atoms with Crippen LogP contribution in [0.4, 0.5) is 0 Å². The lowest BCUT2D eigenvalue weighted by atomic mass is 9.98. The fraction of sp³-hybridized carbons (Fsp3) is 0.409. The number of rotatable bonds is 5. The molecule has 0 bridgehead atoms. The fourth-order valence-corrected chi connectivity index (χ4v) is 3.59. The molecular weight excluding hydrogens is 308 g/mol. The van der Waals surface area contributed by atoms with E-state index in [1.54, 1.807) is 0 Å². The summed E-state index contributed by atoms with van der Waals surface area (Å²) in [6.45, 7) is 7.81. The van der Waals surface area contributed by atoms with Crippen molar-refractivity contribution < 1.29 is 4.79 Å². The second-order valence-corrected chi connectivity index (χ2v) is 7.35. The summed E-state index contributed by atoms with van der Waals surface area (Å²) < 4.78 is 0. The van der Waals surface area contributed by atoms with Crippen molar-refractivity contribution >= 4 is 5.91 Å². The van der Waals surface area contributed by atoms with Crippen LogP contribution in [0.5, 0.6) is 0 Å². The van der Waals surface area contributed by atoms with Crippen molar-refractivity contribution in [1.29, 1.82) is 0 Å². The molecular formula is C22H28N2O. The SMILES string of the molecule is CC(C)CN1CCC(NC(=O)c2ccccc2-c2ccccc2)CC1. The molecule has 0 aromatic heterocycles. The number of benzene rings is 2. The number of amides is 1. The van der Waals surface area contributed by atoms with Crippen molar-refractivity contribution in [2.75, 3.05) is 19.6 Å². The van der Waals surface area contributed by atoms with E-state index >= 15 is 0 Å². The molecule has 3 heteroatoms. The second-order valence-electron chi connectivity index (χ2n) is 7.35. The van der Waals surface area contributed by atoms with E-state index in [0.29, 0.717) is 5.92 Å². The number of nitrogens with zero attached hydrogens (tertiary/aromatic N) is 1. The molecule has 0 spiro atoms. The second kappa shape index (κ2) is 8.30. The third-order valence-corrected chi connectivity index (χ3v) is 4.80. The van der Waals surface area contributed by atoms with Crippen molar-refractivity contribution in [3.8, 4) is 11.1 Å². The predicted octanol–water partition coefficient (Wildman–Crippen LogP) is 4.20. The molecule has 1 aliphatic heterocycles. The number of hydrogen-bond donors (Lipinski definition) is 1. The van der Waals surface area contributed by atoms with E-state index in [9.17, 15) is 4.79 Å². The molecule has 1 fully saturated rings. The average Bonchev–Trinajstić information content (AvgIpc) is 2.63. The summed E-state index contributed by atoms with van der Waals surface area (Å²) in [6.07, 6.45) is 2.07. The van der Waals surface area contributed by atoms with Gasteiger partial charge in [-0.2, -0.15) is 0 Å². The van der Waals surface area contributed by atoms with E-state index in [4.69, 9.17) is 0 Å². The Morgan fingerprint density at radius 3 is 2.36 bits per heavy atom. The molecule has 1 saturated heterocycles. The molecule has 0 atom stereocenters. The van der Waals surface area contributed by atoms with Gasteiger partial charge in [-0.3, -0.25) is 4.79 Å². The van der Waals surface area contributed by atoms with Gasteiger partial charge < -0.3 is 10.2 Å². The van der Waals surface area contributed by atoms with Crippen molar-refractivity contribution in [1.82, 2.24) is 10.2 Å². The topological polar surface area (TPSA) is 32.3 Å². The Bertz CT molecular complexity index is 688. The molecule has 1 amide bonds. The minimum atomic E-state index is 0.0433. The molecule has 0 unspecified atom stereocenters. The molecule has 0 radical (unpaired) electrons. The number of carbonyl (C=O) groups is 1. The van der Waals surface area contributed by atoms with E-state index in [-0.39, 0.29) is 11.9 Å². The van der Waals surface area contributed by atoms with Crippen LogP contribution in [-0.4, -0.2) is 36.5 Å². The summed E-state index contributed by atoms with van der Waals surface area (Å²) >= 11 is 0. The fourth-order valence-electron chi connectivity index (χ4n) is 3.59. The van der Waals surface area contributed by atoms with Crippen LogP contribution in [0.1, 0.15) is 37.0 Å². The van der Waals surface area contributed by atoms with Gasteiger partial charge in [0.15, 0.2) is 0 Å². The summed E-state index contributed by atoms with van der Waals surface area (Å²) in [7, 11) is 0. The zero-order chi connectivity index (χ0) is 17.6. The third-order valence-electron chi connectivity index (χ3n) is 4.80. The first-order valence-electron chi connectivity index (χ1n) is 9.31. The zero-order valence-electron chi connectivity index (χ0n) is 15.2. The van der Waals surface area contributed by atoms with Crippen LogP contribution in [0.25, 0.3) is 11.1 Å². The van der Waals surface area contributed by atoms with Crippen molar-refractivity contribution in [3.05, 3.63) is 60.2 Å². The number of carbonyl (C=O) groups excluding carboxylic acids is 1. The maximum absolute atomic E-state index is 12.8. The first-order valence-corrected chi connectivity index (χ1v) is 9.31. The Labute approximate surface area is 151 Å². The maximum atomic E-state index is 12.8. The average molecular weight is 336 g/mol. The first kappa shape index (κ1) is 17.7. The van der Waals surface area contributed by atoms with Gasteiger partial charge in [-0.1, -0.05) is 62.4 Å². The van der Waals surface area contributed by atoms with E-state index in [2.05, 4.69) is 36.2 Å². The molecule has 132 valence electrons. The Hall–Kier alpha value is -2.13. The number of hydrogen-bond acceptors (Lipinski definition) is 2. The Balaban J connectivity index is 1.65. The van der Waals surface area contributed by atoms with Crippen molar-refractivity contribution in [2.24, 2.45) is 5.92 Å². The maximum Gasteiger partial charge on any atom is 0.252 e. The largest absolute Gasteiger partial charge is 0.349 e. The van der Waals surface area contributed by atoms with Crippen LogP contribution in [-0.2, 0) is 0 Å². The number of nitrogens with one attached hydrogen (secondary N) is 1. The van der Waals surface area contributed by atoms with Gasteiger partial charge in [0.2, 0.25) is 0 Å². The predicted molar refractivity (Wildman–Crippen MR) is 104 cm³/mol. The summed E-state index contributed by atoms with van der Waals surface area (Å²) in [6, 6.07) is 18.3. The Morgan fingerprint density at radius 1 is 1.04 bits per heavy atom. The van der Waals surface area contributed by atoms with Crippen LogP contribution < -0.4 is 5.32 Å². The molecule has 3 nitrogen and oxygen atoms in total. The summed E-state index contributed by atoms with van der Waals surface area (Å²) in [5, 5.41) is 3.25. The lowest BCUT2D eigenvalue weighted by Gasteiger charge is -2.33. The van der Waals surface area contributed by atoms with Gasteiger partial charge in [-0.05, 0) is 36.0 Å². The Morgan fingerprint density at radius 2 is 1.68 bits per heavy atom. The van der Waals surface area contributed by atoms with Crippen LogP contribution in [0.3, 0.4) is 0 Å². The van der Waals surface area contributed by atoms with E-state index in [1.165, 1.54) is 0 Å². The number of piperidine rings is 1. The van der Waals surface area contributed by atoms with Crippen LogP contribution >= 0.6 is 0 Å². The van der Waals surface area contributed by atoms with Crippen molar-refractivity contribution in [2.45, 2.75) is 32.7 Å². The molecule has 2 aromatic carbocycles. The van der Waals surface area contributed by atoms with Crippen molar-refractivity contribution in [3.63, 3.8) is 0 Å². The molecule has 1 aliphatic rings. The smallest absolute Gasteiger partial charge is 0.252 e. The lowest BCUT2D eigenvalue weighted by Crippen LogP contribution is -2.45. The van der Waals surface area contributed by atoms with Crippen LogP contribution in [0.2, 0.25) is 0 Å². The van der Waals surface area contributed by atoms with Gasteiger partial charge in [-0.15, -0.1) is 0 Å². The Kier molecular flexibility index (Phi) is 5.87. The first-order chi connectivity index (χ1) is 12.1. The summed E-state index contributed by atoms with van der Waals surface area (Å²) in [5.41, 5.74) is 2.84. The minimum absolute atomic E-state index is 0.0433. The molecule has 1 N–H and O–H groups in total. The molecule has 0 saturated carbocycles. The zero-order valence-corrected chi connectivity index (χ0v) is 15.2. The summed E-state index contributed by atoms with van der Waals surface area (Å²) in [5.74, 6) is 0.741. The van der Waals surface area contributed by atoms with Gasteiger partial charge in [0.05, 0.1) is 0 Å². The molecule has 3 rings (SSSR count). The standard InChI is InChI=1S/C22H28N2O/c1-17(2)16-24-14-12-19(13-15-24)23-22(25)21-11-7-6-10-20(21)18-8-4-3-5-9-18/h3-11,17,19H,12-16H2,1-2H3,(H,23,25). The van der Waals surface area contributed by atoms with Gasteiger partial charge in [-0.25, -0.2) is 0 Å². The minimum Gasteiger partial charge on any atom is -0.349 e. The van der Waals surface area contributed by atoms with Gasteiger partial charge in [0.25, 0.3) is 5.91 Å². The highest BCUT2D eigenvalue weighted by Gasteiger charge is 2.22. The molecule has 1 heterocycles. The van der Waals surface area contributed by atoms with Crippen LogP contribution in [0, 0.1) is 5.92 Å². The lowest BCUT2D eigenvalue weighted by molar-refractivity contribution is 0.0908. The highest BCUT2D eigenvalue weighted by atomic mass is 16.1. The van der Waals surface area contributed by atoms with E-state index in [1.807, 2.05) is 42.5 Å². The highest BCUT2D eigenvalue weighted by Crippen LogP contribution is 2.24. The van der Waals surface area contributed by atoms with Crippen LogP contribution in [0.15, 0.2) is 54.6 Å². The quantitative estimate of drug-likeness (QED) is 0.887. The normalized spacial score (nSPS) is 16.1. The third kappa shape index (κ3) is 4.70. The summed E-state index contributed by atoms with van der Waals surface area (Å²) in [4.78, 5) is 15.3. The molecule has 25 heavy (non-hydrogen) atoms.